The van der Waals surface area contributed by atoms with Gasteiger partial charge in [-0.1, -0.05) is 39.7 Å². The number of amides is 3. The minimum absolute atomic E-state index is 0.0413. The Labute approximate surface area is 166 Å². The maximum Gasteiger partial charge on any atom is 0.257 e. The predicted octanol–water partition coefficient (Wildman–Crippen LogP) is 3.72. The molecule has 5 nitrogen and oxygen atoms in total. The smallest absolute Gasteiger partial charge is 0.257 e. The molecule has 2 aromatic carbocycles. The van der Waals surface area contributed by atoms with E-state index in [0.29, 0.717) is 11.3 Å². The average Bonchev–Trinajstić information content (AvgIpc) is 2.95. The van der Waals surface area contributed by atoms with E-state index in [0.717, 1.165) is 14.9 Å². The number of halogens is 1. The van der Waals surface area contributed by atoms with Crippen LogP contribution in [0.2, 0.25) is 0 Å². The normalized spacial score (nSPS) is 16.5. The molecule has 0 N–H and O–H groups in total. The first-order valence-electron chi connectivity index (χ1n) is 8.53. The van der Waals surface area contributed by atoms with E-state index in [9.17, 15) is 14.4 Å². The third-order valence-electron chi connectivity index (χ3n) is 4.47. The molecule has 3 rings (SSSR count). The molecule has 1 aliphatic rings. The standard InChI is InChI=1S/C21H19BrN2O3/c1-3-12-23(20(26)15-6-4-14(2)5-7-15)18-13-19(25)24(21(18)27)17-10-8-16(22)9-11-17/h3-11,18H,1,12-13H2,2H3. The van der Waals surface area contributed by atoms with Gasteiger partial charge in [-0.2, -0.15) is 0 Å². The summed E-state index contributed by atoms with van der Waals surface area (Å²) in [5.74, 6) is -1.01. The van der Waals surface area contributed by atoms with Crippen LogP contribution in [0, 0.1) is 6.92 Å². The Balaban J connectivity index is 1.89. The number of nitrogens with zero attached hydrogens (tertiary/aromatic N) is 2. The van der Waals surface area contributed by atoms with Gasteiger partial charge >= 0.3 is 0 Å². The lowest BCUT2D eigenvalue weighted by molar-refractivity contribution is -0.122. The summed E-state index contributed by atoms with van der Waals surface area (Å²) >= 11 is 3.34. The second-order valence-electron chi connectivity index (χ2n) is 6.38. The number of benzene rings is 2. The van der Waals surface area contributed by atoms with E-state index in [1.807, 2.05) is 19.1 Å². The third-order valence-corrected chi connectivity index (χ3v) is 5.00. The van der Waals surface area contributed by atoms with Crippen molar-refractivity contribution in [2.24, 2.45) is 0 Å². The molecule has 1 unspecified atom stereocenters. The Bertz CT molecular complexity index is 891. The molecule has 0 bridgehead atoms. The number of rotatable bonds is 5. The highest BCUT2D eigenvalue weighted by Crippen LogP contribution is 2.27. The summed E-state index contributed by atoms with van der Waals surface area (Å²) in [6.07, 6.45) is 1.52. The molecule has 27 heavy (non-hydrogen) atoms. The zero-order chi connectivity index (χ0) is 19.6. The molecule has 6 heteroatoms. The van der Waals surface area contributed by atoms with Gasteiger partial charge in [0.1, 0.15) is 6.04 Å². The number of aryl methyl sites for hydroxylation is 1. The molecule has 3 amide bonds. The number of hydrogen-bond acceptors (Lipinski definition) is 3. The van der Waals surface area contributed by atoms with Gasteiger partial charge in [-0.25, -0.2) is 4.90 Å². The van der Waals surface area contributed by atoms with Crippen molar-refractivity contribution in [1.29, 1.82) is 0 Å². The van der Waals surface area contributed by atoms with Crippen LogP contribution in [-0.2, 0) is 9.59 Å². The highest BCUT2D eigenvalue weighted by Gasteiger charge is 2.44. The molecule has 1 atom stereocenters. The second-order valence-corrected chi connectivity index (χ2v) is 7.29. The van der Waals surface area contributed by atoms with Gasteiger partial charge in [0.2, 0.25) is 5.91 Å². The minimum Gasteiger partial charge on any atom is -0.322 e. The van der Waals surface area contributed by atoms with Crippen LogP contribution in [0.3, 0.4) is 0 Å². The highest BCUT2D eigenvalue weighted by atomic mass is 79.9. The maximum atomic E-state index is 13.0. The first kappa shape index (κ1) is 19.0. The number of imide groups is 1. The molecule has 1 fully saturated rings. The van der Waals surface area contributed by atoms with Crippen LogP contribution in [0.4, 0.5) is 5.69 Å². The van der Waals surface area contributed by atoms with Crippen molar-refractivity contribution < 1.29 is 14.4 Å². The molecule has 1 saturated heterocycles. The van der Waals surface area contributed by atoms with Crippen molar-refractivity contribution in [2.75, 3.05) is 11.4 Å². The lowest BCUT2D eigenvalue weighted by Crippen LogP contribution is -2.45. The van der Waals surface area contributed by atoms with E-state index in [4.69, 9.17) is 0 Å². The SMILES string of the molecule is C=CCN(C(=O)c1ccc(C)cc1)C1CC(=O)N(c2ccc(Br)cc2)C1=O. The zero-order valence-corrected chi connectivity index (χ0v) is 16.5. The van der Waals surface area contributed by atoms with E-state index in [1.165, 1.54) is 4.90 Å². The van der Waals surface area contributed by atoms with Crippen LogP contribution in [0.25, 0.3) is 0 Å². The Kier molecular flexibility index (Phi) is 5.56. The van der Waals surface area contributed by atoms with Gasteiger partial charge in [-0.15, -0.1) is 6.58 Å². The van der Waals surface area contributed by atoms with E-state index in [1.54, 1.807) is 42.5 Å². The van der Waals surface area contributed by atoms with Crippen LogP contribution in [0.15, 0.2) is 65.7 Å². The minimum atomic E-state index is -0.840. The fourth-order valence-electron chi connectivity index (χ4n) is 3.07. The second kappa shape index (κ2) is 7.88. The van der Waals surface area contributed by atoms with Crippen LogP contribution in [-0.4, -0.2) is 35.2 Å². The number of carbonyl (C=O) groups is 3. The van der Waals surface area contributed by atoms with Gasteiger partial charge in [0.25, 0.3) is 11.8 Å². The number of hydrogen-bond donors (Lipinski definition) is 0. The summed E-state index contributed by atoms with van der Waals surface area (Å²) in [5, 5.41) is 0. The molecule has 0 radical (unpaired) electrons. The van der Waals surface area contributed by atoms with Crippen molar-refractivity contribution in [3.63, 3.8) is 0 Å². The molecule has 1 heterocycles. The molecule has 0 aromatic heterocycles. The highest BCUT2D eigenvalue weighted by molar-refractivity contribution is 9.10. The summed E-state index contributed by atoms with van der Waals surface area (Å²) in [6.45, 7) is 5.80. The summed E-state index contributed by atoms with van der Waals surface area (Å²) < 4.78 is 0.852. The molecule has 2 aromatic rings. The number of anilines is 1. The fraction of sp³-hybridized carbons (Fsp3) is 0.190. The Morgan fingerprint density at radius 1 is 1.19 bits per heavy atom. The van der Waals surface area contributed by atoms with Gasteiger partial charge in [0, 0.05) is 16.6 Å². The van der Waals surface area contributed by atoms with Crippen LogP contribution in [0.1, 0.15) is 22.3 Å². The van der Waals surface area contributed by atoms with Crippen LogP contribution >= 0.6 is 15.9 Å². The van der Waals surface area contributed by atoms with E-state index >= 15 is 0 Å². The van der Waals surface area contributed by atoms with E-state index in [-0.39, 0.29) is 24.8 Å². The fourth-order valence-corrected chi connectivity index (χ4v) is 3.34. The predicted molar refractivity (Wildman–Crippen MR) is 107 cm³/mol. The molecule has 0 spiro atoms. The first-order valence-corrected chi connectivity index (χ1v) is 9.32. The Morgan fingerprint density at radius 3 is 2.41 bits per heavy atom. The quantitative estimate of drug-likeness (QED) is 0.540. The topological polar surface area (TPSA) is 57.7 Å². The van der Waals surface area contributed by atoms with Crippen molar-refractivity contribution in [1.82, 2.24) is 4.90 Å². The number of carbonyl (C=O) groups excluding carboxylic acids is 3. The van der Waals surface area contributed by atoms with E-state index in [2.05, 4.69) is 22.5 Å². The van der Waals surface area contributed by atoms with Gasteiger partial charge in [-0.3, -0.25) is 14.4 Å². The average molecular weight is 427 g/mol. The summed E-state index contributed by atoms with van der Waals surface area (Å²) in [5.41, 5.74) is 2.01. The molecular weight excluding hydrogens is 408 g/mol. The molecular formula is C21H19BrN2O3. The van der Waals surface area contributed by atoms with Gasteiger partial charge < -0.3 is 4.90 Å². The first-order chi connectivity index (χ1) is 12.9. The Morgan fingerprint density at radius 2 is 1.81 bits per heavy atom. The Hall–Kier alpha value is -2.73. The summed E-state index contributed by atoms with van der Waals surface area (Å²) in [4.78, 5) is 41.0. The zero-order valence-electron chi connectivity index (χ0n) is 14.9. The summed E-state index contributed by atoms with van der Waals surface area (Å²) in [7, 11) is 0. The molecule has 0 aliphatic carbocycles. The molecule has 1 aliphatic heterocycles. The van der Waals surface area contributed by atoms with Crippen molar-refractivity contribution in [3.05, 3.63) is 76.8 Å². The van der Waals surface area contributed by atoms with Crippen LogP contribution in [0.5, 0.6) is 0 Å². The van der Waals surface area contributed by atoms with Gasteiger partial charge in [-0.05, 0) is 43.3 Å². The van der Waals surface area contributed by atoms with Crippen molar-refractivity contribution >= 4 is 39.3 Å². The lowest BCUT2D eigenvalue weighted by Gasteiger charge is -2.26. The van der Waals surface area contributed by atoms with Gasteiger partial charge in [0.05, 0.1) is 12.1 Å². The van der Waals surface area contributed by atoms with E-state index < -0.39 is 11.9 Å². The summed E-state index contributed by atoms with van der Waals surface area (Å²) in [6, 6.07) is 13.2. The third kappa shape index (κ3) is 3.85. The maximum absolute atomic E-state index is 13.0. The van der Waals surface area contributed by atoms with Gasteiger partial charge in [0.15, 0.2) is 0 Å². The lowest BCUT2D eigenvalue weighted by atomic mass is 10.1. The molecule has 0 saturated carbocycles. The monoisotopic (exact) mass is 426 g/mol. The van der Waals surface area contributed by atoms with Crippen molar-refractivity contribution in [3.8, 4) is 0 Å². The van der Waals surface area contributed by atoms with Crippen molar-refractivity contribution in [2.45, 2.75) is 19.4 Å². The molecule has 138 valence electrons. The largest absolute Gasteiger partial charge is 0.322 e. The van der Waals surface area contributed by atoms with Crippen LogP contribution < -0.4 is 4.90 Å².